The molecule has 0 saturated carbocycles. The number of amides is 3. The van der Waals surface area contributed by atoms with E-state index in [1.807, 2.05) is 24.3 Å². The maximum atomic E-state index is 12.5. The second kappa shape index (κ2) is 11.5. The SMILES string of the molecule is C=CC[C@H](NC(=O)OC(C)(C)C)C(=O)N1CCCC1C(=O)O.O=C(O)N1Cc2ccccc2C1. The molecule has 1 aromatic carbocycles. The molecule has 1 saturated heterocycles. The van der Waals surface area contributed by atoms with E-state index in [4.69, 9.17) is 14.9 Å². The van der Waals surface area contributed by atoms with Gasteiger partial charge in [-0.05, 0) is 51.2 Å². The normalized spacial score (nSPS) is 17.7. The van der Waals surface area contributed by atoms with Gasteiger partial charge in [0.2, 0.25) is 5.91 Å². The number of alkyl carbamates (subject to hydrolysis) is 1. The number of carboxylic acid groups (broad SMARTS) is 2. The molecule has 1 aromatic rings. The van der Waals surface area contributed by atoms with E-state index >= 15 is 0 Å². The summed E-state index contributed by atoms with van der Waals surface area (Å²) in [6.07, 6.45) is 1.22. The predicted octanol–water partition coefficient (Wildman–Crippen LogP) is 3.21. The summed E-state index contributed by atoms with van der Waals surface area (Å²) in [6.45, 7) is 10.2. The summed E-state index contributed by atoms with van der Waals surface area (Å²) in [5.74, 6) is -1.45. The number of carboxylic acids is 1. The van der Waals surface area contributed by atoms with Crippen molar-refractivity contribution in [1.82, 2.24) is 15.1 Å². The van der Waals surface area contributed by atoms with Crippen LogP contribution < -0.4 is 5.32 Å². The molecule has 2 aliphatic heterocycles. The van der Waals surface area contributed by atoms with Crippen LogP contribution in [-0.4, -0.2) is 68.3 Å². The molecule has 2 heterocycles. The first kappa shape index (κ1) is 26.7. The molecule has 1 fully saturated rings. The molecule has 0 radical (unpaired) electrons. The minimum absolute atomic E-state index is 0.209. The molecule has 34 heavy (non-hydrogen) atoms. The smallest absolute Gasteiger partial charge is 0.408 e. The third kappa shape index (κ3) is 7.50. The maximum absolute atomic E-state index is 12.5. The number of fused-ring (bicyclic) bond motifs is 1. The summed E-state index contributed by atoms with van der Waals surface area (Å²) < 4.78 is 5.13. The summed E-state index contributed by atoms with van der Waals surface area (Å²) in [5, 5.41) is 20.4. The third-order valence-electron chi connectivity index (χ3n) is 5.32. The van der Waals surface area contributed by atoms with Gasteiger partial charge in [0, 0.05) is 19.6 Å². The molecule has 2 atom stereocenters. The summed E-state index contributed by atoms with van der Waals surface area (Å²) >= 11 is 0. The van der Waals surface area contributed by atoms with Gasteiger partial charge in [-0.1, -0.05) is 30.3 Å². The van der Waals surface area contributed by atoms with Gasteiger partial charge in [-0.25, -0.2) is 14.4 Å². The number of rotatable bonds is 5. The van der Waals surface area contributed by atoms with Crippen LogP contribution >= 0.6 is 0 Å². The topological polar surface area (TPSA) is 136 Å². The van der Waals surface area contributed by atoms with Crippen molar-refractivity contribution in [2.24, 2.45) is 0 Å². The zero-order chi connectivity index (χ0) is 25.5. The van der Waals surface area contributed by atoms with Gasteiger partial charge in [-0.15, -0.1) is 6.58 Å². The van der Waals surface area contributed by atoms with Gasteiger partial charge in [-0.2, -0.15) is 0 Å². The molecule has 3 rings (SSSR count). The van der Waals surface area contributed by atoms with Gasteiger partial charge >= 0.3 is 18.2 Å². The second-order valence-corrected chi connectivity index (χ2v) is 9.16. The fourth-order valence-electron chi connectivity index (χ4n) is 3.79. The molecule has 10 nitrogen and oxygen atoms in total. The van der Waals surface area contributed by atoms with Crippen molar-refractivity contribution in [3.05, 3.63) is 48.0 Å². The highest BCUT2D eigenvalue weighted by Crippen LogP contribution is 2.22. The first-order valence-corrected chi connectivity index (χ1v) is 11.1. The van der Waals surface area contributed by atoms with Crippen LogP contribution in [0.2, 0.25) is 0 Å². The zero-order valence-electron chi connectivity index (χ0n) is 19.8. The number of ether oxygens (including phenoxy) is 1. The molecule has 3 N–H and O–H groups in total. The van der Waals surface area contributed by atoms with Crippen LogP contribution in [0.15, 0.2) is 36.9 Å². The second-order valence-electron chi connectivity index (χ2n) is 9.16. The largest absolute Gasteiger partial charge is 0.480 e. The van der Waals surface area contributed by atoms with Gasteiger partial charge in [0.15, 0.2) is 0 Å². The predicted molar refractivity (Wildman–Crippen MR) is 124 cm³/mol. The number of hydrogen-bond donors (Lipinski definition) is 3. The zero-order valence-corrected chi connectivity index (χ0v) is 19.8. The number of nitrogens with zero attached hydrogens (tertiary/aromatic N) is 2. The van der Waals surface area contributed by atoms with Gasteiger partial charge in [0.25, 0.3) is 0 Å². The van der Waals surface area contributed by atoms with E-state index < -0.39 is 41.7 Å². The Kier molecular flexibility index (Phi) is 9.05. The molecule has 3 amide bonds. The highest BCUT2D eigenvalue weighted by Gasteiger charge is 2.37. The highest BCUT2D eigenvalue weighted by molar-refractivity contribution is 5.90. The Hall–Kier alpha value is -3.56. The average molecular weight is 476 g/mol. The van der Waals surface area contributed by atoms with Crippen molar-refractivity contribution in [2.45, 2.75) is 70.8 Å². The molecule has 186 valence electrons. The lowest BCUT2D eigenvalue weighted by molar-refractivity contribution is -0.148. The van der Waals surface area contributed by atoms with Crippen molar-refractivity contribution in [2.75, 3.05) is 6.54 Å². The van der Waals surface area contributed by atoms with E-state index in [9.17, 15) is 19.2 Å². The Morgan fingerprint density at radius 2 is 1.76 bits per heavy atom. The Morgan fingerprint density at radius 1 is 1.18 bits per heavy atom. The number of carbonyl (C=O) groups excluding carboxylic acids is 2. The Morgan fingerprint density at radius 3 is 2.24 bits per heavy atom. The fraction of sp³-hybridized carbons (Fsp3) is 0.500. The number of carbonyl (C=O) groups is 4. The molecule has 2 aliphatic rings. The number of hydrogen-bond acceptors (Lipinski definition) is 5. The van der Waals surface area contributed by atoms with Crippen molar-refractivity contribution < 1.29 is 34.1 Å². The van der Waals surface area contributed by atoms with Crippen LogP contribution in [0.4, 0.5) is 9.59 Å². The van der Waals surface area contributed by atoms with Crippen LogP contribution in [0, 0.1) is 0 Å². The number of aliphatic carboxylic acids is 1. The quantitative estimate of drug-likeness (QED) is 0.556. The summed E-state index contributed by atoms with van der Waals surface area (Å²) in [5.41, 5.74) is 1.57. The maximum Gasteiger partial charge on any atom is 0.408 e. The lowest BCUT2D eigenvalue weighted by atomic mass is 10.1. The van der Waals surface area contributed by atoms with Crippen molar-refractivity contribution in [3.8, 4) is 0 Å². The van der Waals surface area contributed by atoms with Crippen molar-refractivity contribution in [3.63, 3.8) is 0 Å². The molecule has 0 aromatic heterocycles. The minimum Gasteiger partial charge on any atom is -0.480 e. The Labute approximate surface area is 199 Å². The molecular formula is C24H33N3O7. The van der Waals surface area contributed by atoms with Gasteiger partial charge < -0.3 is 25.2 Å². The van der Waals surface area contributed by atoms with Gasteiger partial charge in [0.1, 0.15) is 17.7 Å². The fourth-order valence-corrected chi connectivity index (χ4v) is 3.79. The minimum atomic E-state index is -1.03. The van der Waals surface area contributed by atoms with Crippen LogP contribution in [0.5, 0.6) is 0 Å². The average Bonchev–Trinajstić information content (AvgIpc) is 3.39. The van der Waals surface area contributed by atoms with E-state index in [0.717, 1.165) is 11.1 Å². The highest BCUT2D eigenvalue weighted by atomic mass is 16.6. The first-order valence-electron chi connectivity index (χ1n) is 11.1. The van der Waals surface area contributed by atoms with Crippen molar-refractivity contribution in [1.29, 1.82) is 0 Å². The van der Waals surface area contributed by atoms with Gasteiger partial charge in [-0.3, -0.25) is 9.69 Å². The third-order valence-corrected chi connectivity index (χ3v) is 5.32. The van der Waals surface area contributed by atoms with Crippen LogP contribution in [0.3, 0.4) is 0 Å². The molecule has 1 unspecified atom stereocenters. The van der Waals surface area contributed by atoms with E-state index in [1.165, 1.54) is 15.9 Å². The Bertz CT molecular complexity index is 900. The number of benzene rings is 1. The monoisotopic (exact) mass is 475 g/mol. The summed E-state index contributed by atoms with van der Waals surface area (Å²) in [7, 11) is 0. The summed E-state index contributed by atoms with van der Waals surface area (Å²) in [6, 6.07) is 6.11. The van der Waals surface area contributed by atoms with E-state index in [1.54, 1.807) is 20.8 Å². The lowest BCUT2D eigenvalue weighted by Crippen LogP contribution is -2.52. The molecule has 10 heteroatoms. The molecule has 0 bridgehead atoms. The number of likely N-dealkylation sites (tertiary alicyclic amines) is 1. The van der Waals surface area contributed by atoms with Gasteiger partial charge in [0.05, 0.1) is 0 Å². The lowest BCUT2D eigenvalue weighted by Gasteiger charge is -2.28. The van der Waals surface area contributed by atoms with E-state index in [0.29, 0.717) is 32.5 Å². The molecular weight excluding hydrogens is 442 g/mol. The van der Waals surface area contributed by atoms with Crippen LogP contribution in [0.1, 0.15) is 51.2 Å². The summed E-state index contributed by atoms with van der Waals surface area (Å²) in [4.78, 5) is 48.8. The van der Waals surface area contributed by atoms with Crippen LogP contribution in [0.25, 0.3) is 0 Å². The first-order chi connectivity index (χ1) is 15.9. The standard InChI is InChI=1S/C15H24N2O5.C9H9NO2/c1-5-7-10(16-14(21)22-15(2,3)4)12(18)17-9-6-8-11(17)13(19)20;11-9(12)10-5-7-3-1-2-4-8(7)6-10/h5,10-11H,1,6-9H2,2-4H3,(H,16,21)(H,19,20);1-4H,5-6H2,(H,11,12)/t10-,11?;/m0./s1. The number of nitrogens with one attached hydrogen (secondary N) is 1. The van der Waals surface area contributed by atoms with E-state index in [-0.39, 0.29) is 6.42 Å². The molecule has 0 aliphatic carbocycles. The van der Waals surface area contributed by atoms with Crippen LogP contribution in [-0.2, 0) is 27.4 Å². The van der Waals surface area contributed by atoms with Crippen molar-refractivity contribution >= 4 is 24.1 Å². The Balaban J connectivity index is 0.000000283. The molecule has 0 spiro atoms. The van der Waals surface area contributed by atoms with E-state index in [2.05, 4.69) is 11.9 Å².